The fourth-order valence-corrected chi connectivity index (χ4v) is 3.82. The number of nitrogens with zero attached hydrogens (tertiary/aromatic N) is 4. The topological polar surface area (TPSA) is 119 Å². The van der Waals surface area contributed by atoms with Gasteiger partial charge >= 0.3 is 5.97 Å². The van der Waals surface area contributed by atoms with Crippen LogP contribution in [0.5, 0.6) is 5.88 Å². The molecule has 172 valence electrons. The van der Waals surface area contributed by atoms with E-state index in [1.807, 2.05) is 30.3 Å². The predicted octanol–water partition coefficient (Wildman–Crippen LogP) is 4.32. The van der Waals surface area contributed by atoms with E-state index in [0.29, 0.717) is 31.2 Å². The van der Waals surface area contributed by atoms with Crippen molar-refractivity contribution in [2.24, 2.45) is 10.2 Å². The van der Waals surface area contributed by atoms with Crippen molar-refractivity contribution in [1.29, 1.82) is 0 Å². The summed E-state index contributed by atoms with van der Waals surface area (Å²) in [6.45, 7) is 0. The van der Waals surface area contributed by atoms with Crippen LogP contribution in [0.1, 0.15) is 42.0 Å². The Kier molecular flexibility index (Phi) is 6.62. The maximum absolute atomic E-state index is 13.8. The third-order valence-electron chi connectivity index (χ3n) is 5.82. The van der Waals surface area contributed by atoms with Gasteiger partial charge in [0.05, 0.1) is 13.5 Å². The molecule has 1 N–H and O–H groups in total. The molecule has 33 heavy (non-hydrogen) atoms. The zero-order valence-corrected chi connectivity index (χ0v) is 18.0. The van der Waals surface area contributed by atoms with E-state index in [2.05, 4.69) is 19.9 Å². The number of pyridine rings is 1. The highest BCUT2D eigenvalue weighted by atomic mass is 19.1. The molecule has 0 spiro atoms. The van der Waals surface area contributed by atoms with Gasteiger partial charge in [0, 0.05) is 11.6 Å². The van der Waals surface area contributed by atoms with Crippen LogP contribution >= 0.6 is 0 Å². The highest BCUT2D eigenvalue weighted by Crippen LogP contribution is 2.40. The van der Waals surface area contributed by atoms with Gasteiger partial charge in [0.1, 0.15) is 5.69 Å². The molecule has 10 heteroatoms. The molecular weight excluding hydrogens is 431 g/mol. The number of ether oxygens (including phenoxy) is 1. The van der Waals surface area contributed by atoms with Gasteiger partial charge in [-0.15, -0.1) is 10.2 Å². The molecule has 9 nitrogen and oxygen atoms in total. The van der Waals surface area contributed by atoms with Crippen molar-refractivity contribution in [3.05, 3.63) is 69.5 Å². The number of hydrogen-bond donors (Lipinski definition) is 1. The van der Waals surface area contributed by atoms with E-state index in [1.165, 1.54) is 11.7 Å². The second kappa shape index (κ2) is 9.76. The van der Waals surface area contributed by atoms with Crippen molar-refractivity contribution in [2.75, 3.05) is 7.11 Å². The van der Waals surface area contributed by atoms with E-state index in [1.54, 1.807) is 0 Å². The summed E-state index contributed by atoms with van der Waals surface area (Å²) in [5.74, 6) is -2.16. The summed E-state index contributed by atoms with van der Waals surface area (Å²) < 4.78 is 24.4. The van der Waals surface area contributed by atoms with Gasteiger partial charge in [0.2, 0.25) is 11.7 Å². The largest absolute Gasteiger partial charge is 0.493 e. The minimum absolute atomic E-state index is 0.00117. The van der Waals surface area contributed by atoms with E-state index < -0.39 is 17.3 Å². The molecule has 1 fully saturated rings. The van der Waals surface area contributed by atoms with Crippen molar-refractivity contribution in [1.82, 2.24) is 9.72 Å². The Morgan fingerprint density at radius 2 is 2.00 bits per heavy atom. The molecule has 0 atom stereocenters. The molecule has 1 aliphatic rings. The number of halogens is 1. The zero-order valence-electron chi connectivity index (χ0n) is 18.0. The molecular formula is C23H23FN4O5. The lowest BCUT2D eigenvalue weighted by atomic mass is 9.91. The Morgan fingerprint density at radius 1 is 1.24 bits per heavy atom. The first-order valence-corrected chi connectivity index (χ1v) is 10.6. The average Bonchev–Trinajstić information content (AvgIpc) is 3.20. The molecule has 2 heterocycles. The van der Waals surface area contributed by atoms with E-state index >= 15 is 0 Å². The summed E-state index contributed by atoms with van der Waals surface area (Å²) in [6.07, 6.45) is 3.64. The third kappa shape index (κ3) is 4.69. The number of rotatable bonds is 8. The summed E-state index contributed by atoms with van der Waals surface area (Å²) in [5, 5.41) is 22.3. The Labute approximate surface area is 188 Å². The van der Waals surface area contributed by atoms with Crippen LogP contribution in [0.25, 0.3) is 0 Å². The van der Waals surface area contributed by atoms with Crippen LogP contribution in [0.4, 0.5) is 15.9 Å². The lowest BCUT2D eigenvalue weighted by molar-refractivity contribution is -0.139. The number of benzene rings is 1. The Bertz CT molecular complexity index is 1230. The van der Waals surface area contributed by atoms with Crippen molar-refractivity contribution >= 4 is 17.5 Å². The van der Waals surface area contributed by atoms with Gasteiger partial charge in [-0.05, 0) is 43.2 Å². The van der Waals surface area contributed by atoms with Crippen molar-refractivity contribution in [3.63, 3.8) is 0 Å². The average molecular weight is 454 g/mol. The van der Waals surface area contributed by atoms with Crippen molar-refractivity contribution in [3.8, 4) is 5.88 Å². The van der Waals surface area contributed by atoms with E-state index in [9.17, 15) is 19.1 Å². The van der Waals surface area contributed by atoms with Crippen molar-refractivity contribution < 1.29 is 23.6 Å². The van der Waals surface area contributed by atoms with Gasteiger partial charge in [0.15, 0.2) is 6.26 Å². The minimum Gasteiger partial charge on any atom is -0.493 e. The molecule has 0 aliphatic heterocycles. The summed E-state index contributed by atoms with van der Waals surface area (Å²) in [6, 6.07) is 9.33. The van der Waals surface area contributed by atoms with Crippen LogP contribution in [-0.4, -0.2) is 27.9 Å². The van der Waals surface area contributed by atoms with E-state index in [4.69, 9.17) is 4.74 Å². The molecule has 0 bridgehead atoms. The normalized spacial score (nSPS) is 13.9. The first kappa shape index (κ1) is 22.4. The summed E-state index contributed by atoms with van der Waals surface area (Å²) in [7, 11) is 1.24. The van der Waals surface area contributed by atoms with Crippen LogP contribution in [0.15, 0.2) is 56.1 Å². The van der Waals surface area contributed by atoms with Gasteiger partial charge in [-0.1, -0.05) is 35.5 Å². The number of aryl methyl sites for hydroxylation is 1. The van der Waals surface area contributed by atoms with E-state index in [0.717, 1.165) is 18.2 Å². The Hall–Kier alpha value is -3.82. The highest BCUT2D eigenvalue weighted by Gasteiger charge is 2.30. The molecule has 0 radical (unpaired) electrons. The number of aromatic nitrogens is 2. The molecule has 1 aromatic carbocycles. The number of hydrogen-bond acceptors (Lipinski definition) is 8. The number of carbonyl (C=O) groups is 1. The summed E-state index contributed by atoms with van der Waals surface area (Å²) >= 11 is 0. The fourth-order valence-electron chi connectivity index (χ4n) is 3.82. The molecule has 3 aromatic rings. The second-order valence-corrected chi connectivity index (χ2v) is 7.81. The number of azo groups is 1. The maximum Gasteiger partial charge on any atom is 0.310 e. The second-order valence-electron chi connectivity index (χ2n) is 7.81. The number of methoxy groups -OCH3 is 1. The molecule has 1 aliphatic carbocycles. The molecule has 2 aromatic heterocycles. The molecule has 0 unspecified atom stereocenters. The van der Waals surface area contributed by atoms with E-state index in [-0.39, 0.29) is 35.4 Å². The van der Waals surface area contributed by atoms with Crippen LogP contribution in [0, 0.1) is 5.82 Å². The first-order chi connectivity index (χ1) is 16.0. The molecule has 4 rings (SSSR count). The summed E-state index contributed by atoms with van der Waals surface area (Å²) in [4.78, 5) is 25.5. The lowest BCUT2D eigenvalue weighted by Crippen LogP contribution is -2.33. The monoisotopic (exact) mass is 454 g/mol. The highest BCUT2D eigenvalue weighted by molar-refractivity contribution is 5.74. The predicted molar refractivity (Wildman–Crippen MR) is 115 cm³/mol. The standard InChI is InChI=1S/C23H23FN4O5/c1-32-19(29)12-17-16(11-10-14-6-3-2-4-7-14)20(25-26-21-18(24)13-33-27-21)23(31)28(22(17)30)15-8-5-9-15/h2-4,6-7,13,15,31H,5,8-12H2,1H3. The zero-order chi connectivity index (χ0) is 23.4. The minimum atomic E-state index is -0.814. The van der Waals surface area contributed by atoms with Gasteiger partial charge < -0.3 is 14.4 Å². The lowest BCUT2D eigenvalue weighted by Gasteiger charge is -2.30. The van der Waals surface area contributed by atoms with Crippen LogP contribution in [0.3, 0.4) is 0 Å². The van der Waals surface area contributed by atoms with Gasteiger partial charge in [-0.2, -0.15) is 4.39 Å². The molecule has 0 amide bonds. The molecule has 0 saturated heterocycles. The number of esters is 1. The summed E-state index contributed by atoms with van der Waals surface area (Å²) in [5.41, 5.74) is 1.07. The first-order valence-electron chi connectivity index (χ1n) is 10.6. The molecule has 1 saturated carbocycles. The van der Waals surface area contributed by atoms with Gasteiger partial charge in [-0.25, -0.2) is 0 Å². The third-order valence-corrected chi connectivity index (χ3v) is 5.82. The SMILES string of the molecule is COC(=O)Cc1c(CCc2ccccc2)c(N=Nc2nocc2F)c(O)n(C2CCC2)c1=O. The maximum atomic E-state index is 13.8. The smallest absolute Gasteiger partial charge is 0.310 e. The van der Waals surface area contributed by atoms with Gasteiger partial charge in [0.25, 0.3) is 11.4 Å². The van der Waals surface area contributed by atoms with Gasteiger partial charge in [-0.3, -0.25) is 14.2 Å². The Balaban J connectivity index is 1.86. The number of aromatic hydroxyl groups is 1. The quantitative estimate of drug-likeness (QED) is 0.400. The van der Waals surface area contributed by atoms with Crippen LogP contribution < -0.4 is 5.56 Å². The number of carbonyl (C=O) groups excluding carboxylic acids is 1. The van der Waals surface area contributed by atoms with Crippen LogP contribution in [0.2, 0.25) is 0 Å². The van der Waals surface area contributed by atoms with Crippen LogP contribution in [-0.2, 0) is 28.8 Å². The fraction of sp³-hybridized carbons (Fsp3) is 0.348. The Morgan fingerprint density at radius 3 is 2.61 bits per heavy atom. The van der Waals surface area contributed by atoms with Crippen molar-refractivity contribution in [2.45, 2.75) is 44.6 Å².